The Hall–Kier alpha value is -2.34. The summed E-state index contributed by atoms with van der Waals surface area (Å²) in [5.74, 6) is 0.684. The SMILES string of the molecule is CN(C(=O)CN1[C@@H]2CC[C@H]1C[C@H](CNC(=O)c1cn(C)c3ccccc13)C2)C(C)(C)C. The van der Waals surface area contributed by atoms with Crippen molar-refractivity contribution in [2.45, 2.75) is 64.1 Å². The van der Waals surface area contributed by atoms with Crippen LogP contribution in [0.3, 0.4) is 0 Å². The van der Waals surface area contributed by atoms with Crippen LogP contribution in [0, 0.1) is 5.92 Å². The Morgan fingerprint density at radius 3 is 2.42 bits per heavy atom. The van der Waals surface area contributed by atoms with E-state index in [4.69, 9.17) is 0 Å². The van der Waals surface area contributed by atoms with E-state index in [1.807, 2.05) is 54.0 Å². The lowest BCUT2D eigenvalue weighted by Crippen LogP contribution is -2.52. The maximum atomic E-state index is 12.9. The smallest absolute Gasteiger partial charge is 0.253 e. The highest BCUT2D eigenvalue weighted by molar-refractivity contribution is 6.06. The number of piperidine rings is 1. The van der Waals surface area contributed by atoms with Crippen LogP contribution >= 0.6 is 0 Å². The molecule has 1 N–H and O–H groups in total. The van der Waals surface area contributed by atoms with Crippen molar-refractivity contribution in [3.8, 4) is 0 Å². The number of likely N-dealkylation sites (N-methyl/N-ethyl adjacent to an activating group) is 1. The Morgan fingerprint density at radius 1 is 1.13 bits per heavy atom. The van der Waals surface area contributed by atoms with E-state index in [9.17, 15) is 9.59 Å². The van der Waals surface area contributed by atoms with Crippen molar-refractivity contribution in [1.82, 2.24) is 19.7 Å². The van der Waals surface area contributed by atoms with Crippen molar-refractivity contribution in [2.24, 2.45) is 13.0 Å². The van der Waals surface area contributed by atoms with Crippen LogP contribution in [0.1, 0.15) is 56.8 Å². The third-order valence-electron chi connectivity index (χ3n) is 7.37. The highest BCUT2D eigenvalue weighted by Crippen LogP contribution is 2.38. The van der Waals surface area contributed by atoms with Gasteiger partial charge < -0.3 is 14.8 Å². The predicted molar refractivity (Wildman–Crippen MR) is 124 cm³/mol. The molecule has 1 aromatic carbocycles. The monoisotopic (exact) mass is 424 g/mol. The van der Waals surface area contributed by atoms with E-state index in [-0.39, 0.29) is 17.4 Å². The minimum atomic E-state index is -0.152. The van der Waals surface area contributed by atoms with Gasteiger partial charge in [0.25, 0.3) is 5.91 Å². The van der Waals surface area contributed by atoms with Crippen molar-refractivity contribution in [1.29, 1.82) is 0 Å². The summed E-state index contributed by atoms with van der Waals surface area (Å²) in [6, 6.07) is 8.93. The summed E-state index contributed by atoms with van der Waals surface area (Å²) in [6.07, 6.45) is 6.34. The Labute approximate surface area is 185 Å². The van der Waals surface area contributed by atoms with Gasteiger partial charge in [0.15, 0.2) is 0 Å². The zero-order chi connectivity index (χ0) is 22.3. The number of fused-ring (bicyclic) bond motifs is 3. The molecular formula is C25H36N4O2. The molecule has 2 aromatic rings. The van der Waals surface area contributed by atoms with Crippen LogP contribution in [0.2, 0.25) is 0 Å². The van der Waals surface area contributed by atoms with E-state index in [2.05, 4.69) is 31.0 Å². The van der Waals surface area contributed by atoms with Gasteiger partial charge in [-0.05, 0) is 58.4 Å². The lowest BCUT2D eigenvalue weighted by molar-refractivity contribution is -0.136. The number of amides is 2. The number of carbonyl (C=O) groups is 2. The van der Waals surface area contributed by atoms with E-state index in [0.29, 0.717) is 31.1 Å². The number of rotatable bonds is 5. The second kappa shape index (κ2) is 8.30. The minimum Gasteiger partial charge on any atom is -0.352 e. The molecule has 6 nitrogen and oxygen atoms in total. The summed E-state index contributed by atoms with van der Waals surface area (Å²) >= 11 is 0. The predicted octanol–water partition coefficient (Wildman–Crippen LogP) is 3.41. The molecule has 0 radical (unpaired) electrons. The Morgan fingerprint density at radius 2 is 1.77 bits per heavy atom. The molecular weight excluding hydrogens is 388 g/mol. The van der Waals surface area contributed by atoms with E-state index in [0.717, 1.165) is 42.1 Å². The lowest BCUT2D eigenvalue weighted by Gasteiger charge is -2.40. The minimum absolute atomic E-state index is 0.00792. The van der Waals surface area contributed by atoms with Crippen molar-refractivity contribution in [3.63, 3.8) is 0 Å². The van der Waals surface area contributed by atoms with Crippen molar-refractivity contribution in [2.75, 3.05) is 20.1 Å². The molecule has 4 rings (SSSR count). The van der Waals surface area contributed by atoms with Gasteiger partial charge in [0.1, 0.15) is 0 Å². The first-order valence-corrected chi connectivity index (χ1v) is 11.5. The summed E-state index contributed by atoms with van der Waals surface area (Å²) in [4.78, 5) is 29.9. The maximum absolute atomic E-state index is 12.9. The van der Waals surface area contributed by atoms with Gasteiger partial charge in [0.2, 0.25) is 5.91 Å². The lowest BCUT2D eigenvalue weighted by atomic mass is 9.90. The molecule has 2 fully saturated rings. The van der Waals surface area contributed by atoms with Crippen LogP contribution in [0.5, 0.6) is 0 Å². The van der Waals surface area contributed by atoms with Crippen molar-refractivity contribution < 1.29 is 9.59 Å². The number of nitrogens with one attached hydrogen (secondary N) is 1. The van der Waals surface area contributed by atoms with Crippen LogP contribution in [0.15, 0.2) is 30.5 Å². The highest BCUT2D eigenvalue weighted by atomic mass is 16.2. The molecule has 3 heterocycles. The Balaban J connectivity index is 1.34. The van der Waals surface area contributed by atoms with Crippen LogP contribution in [0.4, 0.5) is 0 Å². The number of hydrogen-bond acceptors (Lipinski definition) is 3. The first-order valence-electron chi connectivity index (χ1n) is 11.5. The second-order valence-electron chi connectivity index (χ2n) is 10.4. The van der Waals surface area contributed by atoms with Crippen LogP contribution < -0.4 is 5.32 Å². The van der Waals surface area contributed by atoms with Gasteiger partial charge in [-0.25, -0.2) is 0 Å². The van der Waals surface area contributed by atoms with Gasteiger partial charge in [0, 0.05) is 55.4 Å². The summed E-state index contributed by atoms with van der Waals surface area (Å²) < 4.78 is 2.01. The Bertz CT molecular complexity index is 960. The summed E-state index contributed by atoms with van der Waals surface area (Å²) in [5.41, 5.74) is 1.67. The standard InChI is InChI=1S/C25H36N4O2/c1-25(2,3)28(5)23(30)16-29-18-10-11-19(29)13-17(12-18)14-26-24(31)21-15-27(4)22-9-7-6-8-20(21)22/h6-9,15,17-19H,10-14,16H2,1-5H3,(H,26,31)/t17-,18-,19+. The molecule has 2 saturated heterocycles. The molecule has 6 heteroatoms. The third kappa shape index (κ3) is 4.36. The molecule has 168 valence electrons. The topological polar surface area (TPSA) is 57.6 Å². The van der Waals surface area contributed by atoms with Gasteiger partial charge >= 0.3 is 0 Å². The molecule has 31 heavy (non-hydrogen) atoms. The number of para-hydroxylation sites is 1. The van der Waals surface area contributed by atoms with Crippen LogP contribution in [-0.2, 0) is 11.8 Å². The van der Waals surface area contributed by atoms with Gasteiger partial charge in [-0.3, -0.25) is 14.5 Å². The normalized spacial score (nSPS) is 23.8. The zero-order valence-electron chi connectivity index (χ0n) is 19.5. The molecule has 2 amide bonds. The summed E-state index contributed by atoms with van der Waals surface area (Å²) in [6.45, 7) is 7.44. The highest BCUT2D eigenvalue weighted by Gasteiger charge is 2.42. The number of nitrogens with zero attached hydrogens (tertiary/aromatic N) is 3. The number of benzene rings is 1. The molecule has 2 aliphatic rings. The van der Waals surface area contributed by atoms with Crippen molar-refractivity contribution >= 4 is 22.7 Å². The summed E-state index contributed by atoms with van der Waals surface area (Å²) in [5, 5.41) is 4.19. The average Bonchev–Trinajstić information content (AvgIpc) is 3.17. The zero-order valence-corrected chi connectivity index (χ0v) is 19.5. The molecule has 0 saturated carbocycles. The molecule has 3 atom stereocenters. The van der Waals surface area contributed by atoms with Gasteiger partial charge in [-0.1, -0.05) is 18.2 Å². The average molecular weight is 425 g/mol. The van der Waals surface area contributed by atoms with E-state index in [1.54, 1.807) is 0 Å². The number of aryl methyl sites for hydroxylation is 1. The fourth-order valence-corrected chi connectivity index (χ4v) is 5.30. The molecule has 2 aliphatic heterocycles. The molecule has 0 unspecified atom stereocenters. The fourth-order valence-electron chi connectivity index (χ4n) is 5.30. The number of carbonyl (C=O) groups excluding carboxylic acids is 2. The molecule has 1 aromatic heterocycles. The van der Waals surface area contributed by atoms with Gasteiger partial charge in [-0.15, -0.1) is 0 Å². The van der Waals surface area contributed by atoms with E-state index in [1.165, 1.54) is 0 Å². The Kier molecular flexibility index (Phi) is 5.86. The first-order chi connectivity index (χ1) is 14.6. The fraction of sp³-hybridized carbons (Fsp3) is 0.600. The maximum Gasteiger partial charge on any atom is 0.253 e. The van der Waals surface area contributed by atoms with Gasteiger partial charge in [-0.2, -0.15) is 0 Å². The summed E-state index contributed by atoms with van der Waals surface area (Å²) in [7, 11) is 3.88. The van der Waals surface area contributed by atoms with Crippen LogP contribution in [0.25, 0.3) is 10.9 Å². The second-order valence-corrected chi connectivity index (χ2v) is 10.4. The molecule has 0 aliphatic carbocycles. The number of hydrogen-bond donors (Lipinski definition) is 1. The largest absolute Gasteiger partial charge is 0.352 e. The van der Waals surface area contributed by atoms with Crippen molar-refractivity contribution in [3.05, 3.63) is 36.0 Å². The first kappa shape index (κ1) is 21.9. The van der Waals surface area contributed by atoms with E-state index < -0.39 is 0 Å². The van der Waals surface area contributed by atoms with Crippen LogP contribution in [-0.4, -0.2) is 63.9 Å². The molecule has 0 spiro atoms. The number of aromatic nitrogens is 1. The molecule has 2 bridgehead atoms. The van der Waals surface area contributed by atoms with Gasteiger partial charge in [0.05, 0.1) is 12.1 Å². The third-order valence-corrected chi connectivity index (χ3v) is 7.37. The van der Waals surface area contributed by atoms with E-state index >= 15 is 0 Å². The quantitative estimate of drug-likeness (QED) is 0.800.